The van der Waals surface area contributed by atoms with Gasteiger partial charge in [0, 0.05) is 23.2 Å². The van der Waals surface area contributed by atoms with E-state index < -0.39 is 6.10 Å². The van der Waals surface area contributed by atoms with Crippen LogP contribution in [0.1, 0.15) is 23.5 Å². The van der Waals surface area contributed by atoms with Crippen molar-refractivity contribution in [2.75, 3.05) is 11.9 Å². The molecule has 0 saturated carbocycles. The second-order valence-corrected chi connectivity index (χ2v) is 6.24. The summed E-state index contributed by atoms with van der Waals surface area (Å²) < 4.78 is 14.0. The van der Waals surface area contributed by atoms with E-state index in [9.17, 15) is 9.50 Å². The van der Waals surface area contributed by atoms with Gasteiger partial charge in [-0.05, 0) is 37.3 Å². The molecular formula is C14H15ClFNOS. The van der Waals surface area contributed by atoms with Gasteiger partial charge >= 0.3 is 0 Å². The Kier molecular flexibility index (Phi) is 4.45. The Bertz CT molecular complexity index is 570. The van der Waals surface area contributed by atoms with Gasteiger partial charge in [0.1, 0.15) is 5.82 Å². The number of rotatable bonds is 4. The summed E-state index contributed by atoms with van der Waals surface area (Å²) in [6, 6.07) is 8.29. The third-order valence-electron chi connectivity index (χ3n) is 2.87. The van der Waals surface area contributed by atoms with Gasteiger partial charge in [0.25, 0.3) is 0 Å². The molecule has 2 rings (SSSR count). The van der Waals surface area contributed by atoms with E-state index in [4.69, 9.17) is 11.6 Å². The SMILES string of the molecule is C[C@@H](O)c1cc(F)ccc1N(C)Cc1ccc(Cl)s1. The maximum absolute atomic E-state index is 13.3. The van der Waals surface area contributed by atoms with Gasteiger partial charge in [0.05, 0.1) is 17.0 Å². The van der Waals surface area contributed by atoms with Crippen LogP contribution in [0.25, 0.3) is 0 Å². The van der Waals surface area contributed by atoms with Crippen molar-refractivity contribution in [3.63, 3.8) is 0 Å². The zero-order valence-corrected chi connectivity index (χ0v) is 12.3. The second-order valence-electron chi connectivity index (χ2n) is 4.44. The lowest BCUT2D eigenvalue weighted by atomic mass is 10.1. The molecule has 0 saturated heterocycles. The number of hydrogen-bond acceptors (Lipinski definition) is 3. The van der Waals surface area contributed by atoms with Crippen molar-refractivity contribution in [3.05, 3.63) is 50.9 Å². The fourth-order valence-corrected chi connectivity index (χ4v) is 3.10. The lowest BCUT2D eigenvalue weighted by molar-refractivity contribution is 0.199. The molecular weight excluding hydrogens is 285 g/mol. The van der Waals surface area contributed by atoms with Crippen LogP contribution >= 0.6 is 22.9 Å². The first-order chi connectivity index (χ1) is 8.97. The molecule has 1 heterocycles. The minimum Gasteiger partial charge on any atom is -0.389 e. The Hall–Kier alpha value is -1.10. The Labute approximate surface area is 121 Å². The molecule has 0 bridgehead atoms. The predicted molar refractivity (Wildman–Crippen MR) is 78.5 cm³/mol. The van der Waals surface area contributed by atoms with Crippen molar-refractivity contribution >= 4 is 28.6 Å². The molecule has 102 valence electrons. The third-order valence-corrected chi connectivity index (χ3v) is 4.09. The van der Waals surface area contributed by atoms with Crippen molar-refractivity contribution in [1.29, 1.82) is 0 Å². The number of aliphatic hydroxyl groups excluding tert-OH is 1. The fraction of sp³-hybridized carbons (Fsp3) is 0.286. The number of thiophene rings is 1. The zero-order valence-electron chi connectivity index (χ0n) is 10.7. The van der Waals surface area contributed by atoms with Crippen LogP contribution in [0, 0.1) is 5.82 Å². The van der Waals surface area contributed by atoms with Gasteiger partial charge in [-0.15, -0.1) is 11.3 Å². The van der Waals surface area contributed by atoms with Crippen LogP contribution in [-0.4, -0.2) is 12.2 Å². The largest absolute Gasteiger partial charge is 0.389 e. The van der Waals surface area contributed by atoms with Crippen molar-refractivity contribution in [3.8, 4) is 0 Å². The highest BCUT2D eigenvalue weighted by atomic mass is 35.5. The van der Waals surface area contributed by atoms with Crippen LogP contribution in [0.3, 0.4) is 0 Å². The van der Waals surface area contributed by atoms with Crippen LogP contribution in [0.2, 0.25) is 4.34 Å². The summed E-state index contributed by atoms with van der Waals surface area (Å²) in [5.41, 5.74) is 1.41. The third kappa shape index (κ3) is 3.47. The summed E-state index contributed by atoms with van der Waals surface area (Å²) in [4.78, 5) is 3.09. The summed E-state index contributed by atoms with van der Waals surface area (Å²) in [5, 5.41) is 9.74. The summed E-state index contributed by atoms with van der Waals surface area (Å²) in [6.45, 7) is 2.30. The zero-order chi connectivity index (χ0) is 14.0. The number of nitrogens with zero attached hydrogens (tertiary/aromatic N) is 1. The standard InChI is InChI=1S/C14H15ClFNOS/c1-9(18)12-7-10(16)3-5-13(12)17(2)8-11-4-6-14(15)19-11/h3-7,9,18H,8H2,1-2H3/t9-/m1/s1. The van der Waals surface area contributed by atoms with E-state index in [-0.39, 0.29) is 5.82 Å². The molecule has 0 aliphatic heterocycles. The van der Waals surface area contributed by atoms with Crippen molar-refractivity contribution in [1.82, 2.24) is 0 Å². The smallest absolute Gasteiger partial charge is 0.123 e. The van der Waals surface area contributed by atoms with Crippen LogP contribution in [0.5, 0.6) is 0 Å². The molecule has 2 aromatic rings. The monoisotopic (exact) mass is 299 g/mol. The normalized spacial score (nSPS) is 12.5. The van der Waals surface area contributed by atoms with Crippen LogP contribution in [0.4, 0.5) is 10.1 Å². The molecule has 1 aromatic carbocycles. The summed E-state index contributed by atoms with van der Waals surface area (Å²) in [6.07, 6.45) is -0.708. The minimum absolute atomic E-state index is 0.341. The van der Waals surface area contributed by atoms with E-state index in [2.05, 4.69) is 0 Å². The number of hydrogen-bond donors (Lipinski definition) is 1. The van der Waals surface area contributed by atoms with Crippen LogP contribution in [0.15, 0.2) is 30.3 Å². The molecule has 0 fully saturated rings. The van der Waals surface area contributed by atoms with E-state index in [1.807, 2.05) is 24.1 Å². The first-order valence-electron chi connectivity index (χ1n) is 5.90. The molecule has 0 unspecified atom stereocenters. The van der Waals surface area contributed by atoms with E-state index in [0.717, 1.165) is 14.9 Å². The lowest BCUT2D eigenvalue weighted by Gasteiger charge is -2.23. The Morgan fingerprint density at radius 3 is 2.68 bits per heavy atom. The van der Waals surface area contributed by atoms with Gasteiger partial charge in [-0.25, -0.2) is 4.39 Å². The van der Waals surface area contributed by atoms with Gasteiger partial charge in [-0.1, -0.05) is 11.6 Å². The Balaban J connectivity index is 2.25. The molecule has 1 N–H and O–H groups in total. The van der Waals surface area contributed by atoms with Gasteiger partial charge in [0.2, 0.25) is 0 Å². The summed E-state index contributed by atoms with van der Waals surface area (Å²) in [7, 11) is 1.91. The number of anilines is 1. The molecule has 1 atom stereocenters. The Morgan fingerprint density at radius 2 is 2.11 bits per heavy atom. The van der Waals surface area contributed by atoms with E-state index in [1.165, 1.54) is 23.5 Å². The Morgan fingerprint density at radius 1 is 1.37 bits per heavy atom. The van der Waals surface area contributed by atoms with Gasteiger partial charge in [-0.3, -0.25) is 0 Å². The topological polar surface area (TPSA) is 23.5 Å². The van der Waals surface area contributed by atoms with Crippen LogP contribution < -0.4 is 4.90 Å². The van der Waals surface area contributed by atoms with Crippen LogP contribution in [-0.2, 0) is 6.54 Å². The average Bonchev–Trinajstić information content (AvgIpc) is 2.74. The molecule has 2 nitrogen and oxygen atoms in total. The van der Waals surface area contributed by atoms with Crippen molar-refractivity contribution in [2.24, 2.45) is 0 Å². The molecule has 0 amide bonds. The molecule has 1 aromatic heterocycles. The number of halogens is 2. The van der Waals surface area contributed by atoms with E-state index >= 15 is 0 Å². The van der Waals surface area contributed by atoms with Crippen molar-refractivity contribution in [2.45, 2.75) is 19.6 Å². The minimum atomic E-state index is -0.708. The number of aliphatic hydroxyl groups is 1. The molecule has 19 heavy (non-hydrogen) atoms. The van der Waals surface area contributed by atoms with Gasteiger partial charge < -0.3 is 10.0 Å². The summed E-state index contributed by atoms with van der Waals surface area (Å²) >= 11 is 7.42. The van der Waals surface area contributed by atoms with E-state index in [1.54, 1.807) is 13.0 Å². The van der Waals surface area contributed by atoms with Crippen molar-refractivity contribution < 1.29 is 9.50 Å². The lowest BCUT2D eigenvalue weighted by Crippen LogP contribution is -2.18. The highest BCUT2D eigenvalue weighted by molar-refractivity contribution is 7.16. The van der Waals surface area contributed by atoms with Gasteiger partial charge in [0.15, 0.2) is 0 Å². The first-order valence-corrected chi connectivity index (χ1v) is 7.09. The maximum atomic E-state index is 13.3. The van der Waals surface area contributed by atoms with Gasteiger partial charge in [-0.2, -0.15) is 0 Å². The average molecular weight is 300 g/mol. The fourth-order valence-electron chi connectivity index (χ4n) is 1.96. The van der Waals surface area contributed by atoms with E-state index in [0.29, 0.717) is 12.1 Å². The predicted octanol–water partition coefficient (Wildman–Crippen LogP) is 4.23. The maximum Gasteiger partial charge on any atom is 0.123 e. The second kappa shape index (κ2) is 5.90. The molecule has 0 aliphatic carbocycles. The molecule has 0 radical (unpaired) electrons. The molecule has 5 heteroatoms. The quantitative estimate of drug-likeness (QED) is 0.913. The molecule has 0 aliphatic rings. The molecule has 0 spiro atoms. The highest BCUT2D eigenvalue weighted by Gasteiger charge is 2.13. The number of benzene rings is 1. The highest BCUT2D eigenvalue weighted by Crippen LogP contribution is 2.29. The first kappa shape index (κ1) is 14.3. The summed E-state index contributed by atoms with van der Waals surface area (Å²) in [5.74, 6) is -0.341.